The maximum absolute atomic E-state index is 13.0. The average molecular weight is 602 g/mol. The molecule has 1 aliphatic rings. The molecule has 230 valence electrons. The molecule has 1 unspecified atom stereocenters. The first-order valence-corrected chi connectivity index (χ1v) is 13.6. The minimum atomic E-state index is -3.04. The average Bonchev–Trinajstić information content (AvgIpc) is 3.66. The molecule has 1 fully saturated rings. The highest BCUT2D eigenvalue weighted by molar-refractivity contribution is 5.95. The lowest BCUT2D eigenvalue weighted by Gasteiger charge is -2.21. The number of hydrogen-bond donors (Lipinski definition) is 3. The van der Waals surface area contributed by atoms with Crippen molar-refractivity contribution in [3.63, 3.8) is 0 Å². The molecule has 4 rings (SSSR count). The molecule has 1 aliphatic carbocycles. The summed E-state index contributed by atoms with van der Waals surface area (Å²) in [4.78, 5) is 40.9. The number of alkyl halides is 2. The molecule has 13 heteroatoms. The van der Waals surface area contributed by atoms with E-state index < -0.39 is 36.2 Å². The quantitative estimate of drug-likeness (QED) is 0.229. The van der Waals surface area contributed by atoms with Crippen molar-refractivity contribution in [1.29, 1.82) is 0 Å². The normalized spacial score (nSPS) is 13.7. The summed E-state index contributed by atoms with van der Waals surface area (Å²) in [5.74, 6) is -0.987. The van der Waals surface area contributed by atoms with E-state index in [-0.39, 0.29) is 46.5 Å². The molecule has 3 aromatic rings. The van der Waals surface area contributed by atoms with Gasteiger partial charge in [-0.05, 0) is 88.9 Å². The molecule has 1 aromatic heterocycles. The van der Waals surface area contributed by atoms with Gasteiger partial charge in [0, 0.05) is 11.1 Å². The first-order valence-electron chi connectivity index (χ1n) is 13.6. The molecule has 0 saturated heterocycles. The number of benzene rings is 2. The van der Waals surface area contributed by atoms with E-state index in [4.69, 9.17) is 19.0 Å². The zero-order chi connectivity index (χ0) is 31.3. The van der Waals surface area contributed by atoms with Crippen molar-refractivity contribution in [2.24, 2.45) is 5.92 Å². The van der Waals surface area contributed by atoms with Crippen LogP contribution in [0, 0.1) is 5.92 Å². The first kappa shape index (κ1) is 31.3. The lowest BCUT2D eigenvalue weighted by atomic mass is 10.1. The maximum Gasteiger partial charge on any atom is 0.408 e. The Labute approximate surface area is 246 Å². The Hall–Kier alpha value is -4.68. The van der Waals surface area contributed by atoms with Crippen LogP contribution in [0.25, 0.3) is 11.5 Å². The molecule has 0 spiro atoms. The van der Waals surface area contributed by atoms with Gasteiger partial charge >= 0.3 is 18.7 Å². The van der Waals surface area contributed by atoms with Crippen molar-refractivity contribution < 1.29 is 46.9 Å². The zero-order valence-corrected chi connectivity index (χ0v) is 24.1. The Kier molecular flexibility index (Phi) is 9.52. The summed E-state index contributed by atoms with van der Waals surface area (Å²) >= 11 is 0. The van der Waals surface area contributed by atoms with Gasteiger partial charge in [-0.2, -0.15) is 8.78 Å². The molecule has 3 N–H and O–H groups in total. The number of alkyl carbamates (subject to hydrolysis) is 1. The molecule has 2 aromatic carbocycles. The summed E-state index contributed by atoms with van der Waals surface area (Å²) in [6.07, 6.45) is 1.29. The lowest BCUT2D eigenvalue weighted by molar-refractivity contribution is -0.0515. The number of hydrogen-bond acceptors (Lipinski definition) is 8. The van der Waals surface area contributed by atoms with Crippen molar-refractivity contribution in [1.82, 2.24) is 15.6 Å². The number of aromatic nitrogens is 1. The Balaban J connectivity index is 1.61. The van der Waals surface area contributed by atoms with Gasteiger partial charge in [0.1, 0.15) is 11.3 Å². The van der Waals surface area contributed by atoms with Crippen molar-refractivity contribution in [3.8, 4) is 23.0 Å². The molecule has 2 amide bonds. The van der Waals surface area contributed by atoms with Crippen LogP contribution in [0.1, 0.15) is 78.7 Å². The summed E-state index contributed by atoms with van der Waals surface area (Å²) < 4.78 is 47.8. The molecule has 1 heterocycles. The number of halogens is 2. The van der Waals surface area contributed by atoms with Crippen molar-refractivity contribution in [2.45, 2.75) is 65.3 Å². The fourth-order valence-electron chi connectivity index (χ4n) is 3.97. The second kappa shape index (κ2) is 13.1. The molecule has 1 atom stereocenters. The zero-order valence-electron chi connectivity index (χ0n) is 24.1. The van der Waals surface area contributed by atoms with Crippen LogP contribution in [0.2, 0.25) is 0 Å². The van der Waals surface area contributed by atoms with Crippen LogP contribution < -0.4 is 20.1 Å². The van der Waals surface area contributed by atoms with Crippen LogP contribution in [-0.2, 0) is 11.3 Å². The van der Waals surface area contributed by atoms with Crippen LogP contribution >= 0.6 is 0 Å². The Bertz CT molecular complexity index is 1460. The second-order valence-corrected chi connectivity index (χ2v) is 11.1. The SMILES string of the molecule is CC(NC(=O)OC(C)(C)C)c1oc(-c2ccc(OC(F)F)c(OCC3CC3)c2)nc1CNC(=O)c1ccc(C(=O)O)cc1. The summed E-state index contributed by atoms with van der Waals surface area (Å²) in [6.45, 7) is 4.00. The molecule has 1 saturated carbocycles. The largest absolute Gasteiger partial charge is 0.489 e. The number of carbonyl (C=O) groups excluding carboxylic acids is 2. The van der Waals surface area contributed by atoms with Crippen LogP contribution in [0.3, 0.4) is 0 Å². The fourth-order valence-corrected chi connectivity index (χ4v) is 3.97. The van der Waals surface area contributed by atoms with Crippen molar-refractivity contribution >= 4 is 18.0 Å². The summed E-state index contributed by atoms with van der Waals surface area (Å²) in [6, 6.07) is 8.94. The number of nitrogens with one attached hydrogen (secondary N) is 2. The summed E-state index contributed by atoms with van der Waals surface area (Å²) in [5.41, 5.74) is 0.180. The third-order valence-electron chi connectivity index (χ3n) is 6.24. The molecule has 0 radical (unpaired) electrons. The van der Waals surface area contributed by atoms with Gasteiger partial charge < -0.3 is 34.4 Å². The maximum atomic E-state index is 13.0. The molecular formula is C30H33F2N3O8. The highest BCUT2D eigenvalue weighted by atomic mass is 19.3. The number of rotatable bonds is 12. The van der Waals surface area contributed by atoms with Crippen LogP contribution in [0.5, 0.6) is 11.5 Å². The standard InChI is InChI=1S/C30H33F2N3O8/c1-16(34-29(39)43-30(2,3)4)24-21(14-33-25(36)18-7-9-19(10-8-18)27(37)38)35-26(42-24)20-11-12-22(41-28(31)32)23(13-20)40-15-17-5-6-17/h7-13,16-17,28H,5-6,14-15H2,1-4H3,(H,33,36)(H,34,39)(H,37,38). The Morgan fingerprint density at radius 2 is 1.74 bits per heavy atom. The minimum Gasteiger partial charge on any atom is -0.489 e. The van der Waals surface area contributed by atoms with Gasteiger partial charge in [-0.3, -0.25) is 4.79 Å². The van der Waals surface area contributed by atoms with E-state index in [0.717, 1.165) is 12.8 Å². The number of nitrogens with zero attached hydrogens (tertiary/aromatic N) is 1. The molecule has 11 nitrogen and oxygen atoms in total. The number of carboxylic acids is 1. The van der Waals surface area contributed by atoms with Crippen molar-refractivity contribution in [2.75, 3.05) is 6.61 Å². The van der Waals surface area contributed by atoms with E-state index >= 15 is 0 Å². The number of amides is 2. The molecule has 43 heavy (non-hydrogen) atoms. The van der Waals surface area contributed by atoms with E-state index in [2.05, 4.69) is 20.4 Å². The lowest BCUT2D eigenvalue weighted by Crippen LogP contribution is -2.34. The number of aromatic carboxylic acids is 1. The van der Waals surface area contributed by atoms with Crippen molar-refractivity contribution in [3.05, 3.63) is 65.0 Å². The second-order valence-electron chi connectivity index (χ2n) is 11.1. The van der Waals surface area contributed by atoms with Gasteiger partial charge in [-0.25, -0.2) is 14.6 Å². The monoisotopic (exact) mass is 601 g/mol. The third-order valence-corrected chi connectivity index (χ3v) is 6.24. The van der Waals surface area contributed by atoms with Gasteiger partial charge in [0.05, 0.1) is 24.8 Å². The van der Waals surface area contributed by atoms with Gasteiger partial charge in [0.2, 0.25) is 5.89 Å². The predicted octanol–water partition coefficient (Wildman–Crippen LogP) is 5.95. The van der Waals surface area contributed by atoms with E-state index in [9.17, 15) is 23.2 Å². The van der Waals surface area contributed by atoms with Crippen LogP contribution in [-0.4, -0.2) is 46.9 Å². The number of ether oxygens (including phenoxy) is 3. The van der Waals surface area contributed by atoms with Crippen LogP contribution in [0.4, 0.5) is 13.6 Å². The Morgan fingerprint density at radius 3 is 2.35 bits per heavy atom. The predicted molar refractivity (Wildman–Crippen MR) is 149 cm³/mol. The number of carboxylic acid groups (broad SMARTS) is 1. The smallest absolute Gasteiger partial charge is 0.408 e. The van der Waals surface area contributed by atoms with E-state index in [1.165, 1.54) is 42.5 Å². The summed E-state index contributed by atoms with van der Waals surface area (Å²) in [5, 5.41) is 14.5. The molecule has 0 bridgehead atoms. The highest BCUT2D eigenvalue weighted by Crippen LogP contribution is 2.37. The van der Waals surface area contributed by atoms with Crippen LogP contribution in [0.15, 0.2) is 46.9 Å². The van der Waals surface area contributed by atoms with E-state index in [0.29, 0.717) is 18.1 Å². The Morgan fingerprint density at radius 1 is 1.07 bits per heavy atom. The molecular weight excluding hydrogens is 568 g/mol. The minimum absolute atomic E-state index is 0.0347. The van der Waals surface area contributed by atoms with E-state index in [1.807, 2.05) is 0 Å². The third kappa shape index (κ3) is 8.90. The first-order chi connectivity index (χ1) is 20.3. The topological polar surface area (TPSA) is 149 Å². The van der Waals surface area contributed by atoms with Gasteiger partial charge in [-0.15, -0.1) is 0 Å². The number of carbonyl (C=O) groups is 3. The fraction of sp³-hybridized carbons (Fsp3) is 0.400. The summed E-state index contributed by atoms with van der Waals surface area (Å²) in [7, 11) is 0. The number of oxazole rings is 1. The van der Waals surface area contributed by atoms with Gasteiger partial charge in [-0.1, -0.05) is 0 Å². The van der Waals surface area contributed by atoms with E-state index in [1.54, 1.807) is 27.7 Å². The van der Waals surface area contributed by atoms with Gasteiger partial charge in [0.25, 0.3) is 5.91 Å². The molecule has 0 aliphatic heterocycles. The van der Waals surface area contributed by atoms with Gasteiger partial charge in [0.15, 0.2) is 17.3 Å². The highest BCUT2D eigenvalue weighted by Gasteiger charge is 2.26.